The van der Waals surface area contributed by atoms with Gasteiger partial charge in [-0.3, -0.25) is 9.69 Å². The minimum absolute atomic E-state index is 0.0487. The molecule has 9 heteroatoms. The maximum Gasteiger partial charge on any atom is 0.276 e. The van der Waals surface area contributed by atoms with Crippen molar-refractivity contribution in [2.45, 2.75) is 19.5 Å². The van der Waals surface area contributed by atoms with Gasteiger partial charge in [0, 0.05) is 31.1 Å². The molecular weight excluding hydrogens is 312 g/mol. The van der Waals surface area contributed by atoms with Crippen molar-refractivity contribution >= 4 is 27.5 Å². The van der Waals surface area contributed by atoms with E-state index in [0.29, 0.717) is 32.7 Å². The first kappa shape index (κ1) is 16.4. The average Bonchev–Trinajstić information content (AvgIpc) is 2.96. The minimum atomic E-state index is -3.63. The van der Waals surface area contributed by atoms with Crippen LogP contribution in [-0.2, 0) is 21.5 Å². The van der Waals surface area contributed by atoms with E-state index in [-0.39, 0.29) is 11.9 Å². The molecule has 1 saturated heterocycles. The lowest BCUT2D eigenvalue weighted by atomic mass is 10.2. The average molecular weight is 332 g/mol. The van der Waals surface area contributed by atoms with Crippen molar-refractivity contribution in [3.05, 3.63) is 22.4 Å². The molecule has 1 atom stereocenters. The highest BCUT2D eigenvalue weighted by molar-refractivity contribution is 7.86. The van der Waals surface area contributed by atoms with Crippen LogP contribution in [0.5, 0.6) is 0 Å². The summed E-state index contributed by atoms with van der Waals surface area (Å²) in [6.07, 6.45) is 0. The topological polar surface area (TPSA) is 95.7 Å². The molecule has 1 unspecified atom stereocenters. The Hall–Kier alpha value is -1.00. The minimum Gasteiger partial charge on any atom is -0.350 e. The number of amides is 1. The number of nitrogens with one attached hydrogen (secondary N) is 1. The Bertz CT molecular complexity index is 565. The molecule has 7 nitrogen and oxygen atoms in total. The molecule has 2 heterocycles. The number of piperazine rings is 1. The Morgan fingerprint density at radius 2 is 2.10 bits per heavy atom. The number of carbonyl (C=O) groups is 1. The fourth-order valence-electron chi connectivity index (χ4n) is 2.25. The molecule has 2 rings (SSSR count). The normalized spacial score (nSPS) is 19.3. The van der Waals surface area contributed by atoms with Gasteiger partial charge in [0.25, 0.3) is 10.2 Å². The summed E-state index contributed by atoms with van der Waals surface area (Å²) in [6.45, 7) is 4.01. The van der Waals surface area contributed by atoms with Crippen LogP contribution >= 0.6 is 11.3 Å². The predicted octanol–water partition coefficient (Wildman–Crippen LogP) is -0.426. The maximum atomic E-state index is 12.1. The van der Waals surface area contributed by atoms with E-state index in [2.05, 4.69) is 5.32 Å². The van der Waals surface area contributed by atoms with E-state index in [9.17, 15) is 13.2 Å². The van der Waals surface area contributed by atoms with Gasteiger partial charge in [-0.25, -0.2) is 5.14 Å². The molecular formula is C12H20N4O3S2. The van der Waals surface area contributed by atoms with Gasteiger partial charge < -0.3 is 5.32 Å². The molecule has 0 bridgehead atoms. The molecule has 0 radical (unpaired) electrons. The van der Waals surface area contributed by atoms with Gasteiger partial charge in [-0.2, -0.15) is 12.7 Å². The maximum absolute atomic E-state index is 12.1. The Morgan fingerprint density at radius 3 is 2.62 bits per heavy atom. The zero-order chi connectivity index (χ0) is 15.5. The summed E-state index contributed by atoms with van der Waals surface area (Å²) < 4.78 is 23.7. The third-order valence-electron chi connectivity index (χ3n) is 3.58. The molecule has 1 fully saturated rings. The summed E-state index contributed by atoms with van der Waals surface area (Å²) in [4.78, 5) is 15.2. The summed E-state index contributed by atoms with van der Waals surface area (Å²) in [5, 5.41) is 9.96. The van der Waals surface area contributed by atoms with Crippen LogP contribution in [0, 0.1) is 0 Å². The van der Waals surface area contributed by atoms with Crippen molar-refractivity contribution in [3.8, 4) is 0 Å². The highest BCUT2D eigenvalue weighted by atomic mass is 32.2. The van der Waals surface area contributed by atoms with E-state index in [0.717, 1.165) is 4.88 Å². The Morgan fingerprint density at radius 1 is 1.43 bits per heavy atom. The molecule has 1 amide bonds. The molecule has 1 aromatic rings. The molecule has 3 N–H and O–H groups in total. The number of rotatable bonds is 5. The van der Waals surface area contributed by atoms with Gasteiger partial charge in [0.15, 0.2) is 0 Å². The second-order valence-corrected chi connectivity index (χ2v) is 7.53. The third-order valence-corrected chi connectivity index (χ3v) is 5.54. The van der Waals surface area contributed by atoms with Crippen LogP contribution < -0.4 is 10.5 Å². The van der Waals surface area contributed by atoms with E-state index < -0.39 is 10.2 Å². The summed E-state index contributed by atoms with van der Waals surface area (Å²) in [5.41, 5.74) is 0. The monoisotopic (exact) mass is 332 g/mol. The zero-order valence-electron chi connectivity index (χ0n) is 11.9. The van der Waals surface area contributed by atoms with Crippen LogP contribution in [-0.4, -0.2) is 55.8 Å². The van der Waals surface area contributed by atoms with E-state index in [1.807, 2.05) is 29.3 Å². The lowest BCUT2D eigenvalue weighted by Crippen LogP contribution is -2.55. The van der Waals surface area contributed by atoms with E-state index >= 15 is 0 Å². The van der Waals surface area contributed by atoms with Crippen LogP contribution in [0.4, 0.5) is 0 Å². The van der Waals surface area contributed by atoms with Gasteiger partial charge in [-0.15, -0.1) is 11.3 Å². The molecule has 1 aliphatic rings. The number of nitrogens with two attached hydrogens (primary N) is 1. The van der Waals surface area contributed by atoms with Gasteiger partial charge in [-0.05, 0) is 18.4 Å². The summed E-state index contributed by atoms with van der Waals surface area (Å²) in [7, 11) is -3.63. The SMILES string of the molecule is CC(C(=O)NCc1cccs1)N1CCN(S(N)(=O)=O)CC1. The van der Waals surface area contributed by atoms with Crippen LogP contribution in [0.1, 0.15) is 11.8 Å². The second-order valence-electron chi connectivity index (χ2n) is 4.95. The zero-order valence-corrected chi connectivity index (χ0v) is 13.5. The number of hydrogen-bond acceptors (Lipinski definition) is 5. The number of nitrogens with zero attached hydrogens (tertiary/aromatic N) is 2. The molecule has 0 saturated carbocycles. The van der Waals surface area contributed by atoms with Gasteiger partial charge in [0.1, 0.15) is 0 Å². The standard InChI is InChI=1S/C12H20N4O3S2/c1-10(12(17)14-9-11-3-2-8-20-11)15-4-6-16(7-5-15)21(13,18)19/h2-3,8,10H,4-7,9H2,1H3,(H,14,17)(H2,13,18,19). The summed E-state index contributed by atoms with van der Waals surface area (Å²) in [6, 6.07) is 3.63. The molecule has 118 valence electrons. The summed E-state index contributed by atoms with van der Waals surface area (Å²) >= 11 is 1.60. The quantitative estimate of drug-likeness (QED) is 0.765. The third kappa shape index (κ3) is 4.48. The van der Waals surface area contributed by atoms with Crippen molar-refractivity contribution < 1.29 is 13.2 Å². The first-order valence-corrected chi connectivity index (χ1v) is 9.08. The largest absolute Gasteiger partial charge is 0.350 e. The number of thiophene rings is 1. The van der Waals surface area contributed by atoms with E-state index in [1.54, 1.807) is 11.3 Å². The number of hydrogen-bond donors (Lipinski definition) is 2. The molecule has 21 heavy (non-hydrogen) atoms. The van der Waals surface area contributed by atoms with Gasteiger partial charge >= 0.3 is 0 Å². The predicted molar refractivity (Wildman–Crippen MR) is 81.9 cm³/mol. The number of carbonyl (C=O) groups excluding carboxylic acids is 1. The van der Waals surface area contributed by atoms with Gasteiger partial charge in [0.2, 0.25) is 5.91 Å². The molecule has 1 aromatic heterocycles. The van der Waals surface area contributed by atoms with Crippen molar-refractivity contribution in [1.82, 2.24) is 14.5 Å². The summed E-state index contributed by atoms with van der Waals surface area (Å²) in [5.74, 6) is -0.0487. The lowest BCUT2D eigenvalue weighted by Gasteiger charge is -2.35. The highest BCUT2D eigenvalue weighted by Crippen LogP contribution is 2.10. The van der Waals surface area contributed by atoms with Crippen molar-refractivity contribution in [1.29, 1.82) is 0 Å². The van der Waals surface area contributed by atoms with Crippen molar-refractivity contribution in [2.75, 3.05) is 26.2 Å². The molecule has 0 aromatic carbocycles. The molecule has 0 aliphatic carbocycles. The van der Waals surface area contributed by atoms with Crippen LogP contribution in [0.15, 0.2) is 17.5 Å². The van der Waals surface area contributed by atoms with Crippen molar-refractivity contribution in [2.24, 2.45) is 5.14 Å². The van der Waals surface area contributed by atoms with Gasteiger partial charge in [-0.1, -0.05) is 6.07 Å². The van der Waals surface area contributed by atoms with Crippen LogP contribution in [0.3, 0.4) is 0 Å². The molecule has 0 spiro atoms. The van der Waals surface area contributed by atoms with Crippen LogP contribution in [0.2, 0.25) is 0 Å². The Labute approximate surface area is 128 Å². The second kappa shape index (κ2) is 6.84. The lowest BCUT2D eigenvalue weighted by molar-refractivity contribution is -0.126. The van der Waals surface area contributed by atoms with E-state index in [1.165, 1.54) is 4.31 Å². The van der Waals surface area contributed by atoms with Crippen LogP contribution in [0.25, 0.3) is 0 Å². The Kier molecular flexibility index (Phi) is 5.33. The highest BCUT2D eigenvalue weighted by Gasteiger charge is 2.28. The fourth-order valence-corrected chi connectivity index (χ4v) is 3.56. The smallest absolute Gasteiger partial charge is 0.276 e. The van der Waals surface area contributed by atoms with Gasteiger partial charge in [0.05, 0.1) is 12.6 Å². The van der Waals surface area contributed by atoms with Crippen molar-refractivity contribution in [3.63, 3.8) is 0 Å². The fraction of sp³-hybridized carbons (Fsp3) is 0.583. The first-order chi connectivity index (χ1) is 9.88. The first-order valence-electron chi connectivity index (χ1n) is 6.70. The Balaban J connectivity index is 1.81. The van der Waals surface area contributed by atoms with E-state index in [4.69, 9.17) is 5.14 Å². The molecule has 1 aliphatic heterocycles.